The summed E-state index contributed by atoms with van der Waals surface area (Å²) in [6.07, 6.45) is 2.51. The number of hydrogen-bond acceptors (Lipinski definition) is 3. The molecule has 1 aromatic carbocycles. The van der Waals surface area contributed by atoms with Gasteiger partial charge in [-0.15, -0.1) is 0 Å². The number of fused-ring (bicyclic) bond motifs is 1. The number of amides is 1. The summed E-state index contributed by atoms with van der Waals surface area (Å²) in [5.74, 6) is -0.186. The molecular weight excluding hydrogens is 302 g/mol. The number of aryl methyl sites for hydroxylation is 1. The molecule has 2 heterocycles. The molecule has 118 valence electrons. The lowest BCUT2D eigenvalue weighted by Crippen LogP contribution is -2.30. The van der Waals surface area contributed by atoms with E-state index < -0.39 is 10.0 Å². The first-order valence-corrected chi connectivity index (χ1v) is 8.90. The van der Waals surface area contributed by atoms with E-state index in [0.29, 0.717) is 25.1 Å². The number of carbonyl (C=O) groups excluding carboxylic acids is 1. The lowest BCUT2D eigenvalue weighted by molar-refractivity contribution is 0.0790. The Kier molecular flexibility index (Phi) is 3.70. The van der Waals surface area contributed by atoms with Crippen LogP contribution in [-0.4, -0.2) is 42.6 Å². The van der Waals surface area contributed by atoms with Crippen LogP contribution < -0.4 is 5.14 Å². The summed E-state index contributed by atoms with van der Waals surface area (Å²) in [6.45, 7) is 1.01. The van der Waals surface area contributed by atoms with Crippen LogP contribution in [0.25, 0.3) is 10.9 Å². The van der Waals surface area contributed by atoms with Crippen LogP contribution in [0.4, 0.5) is 0 Å². The van der Waals surface area contributed by atoms with Gasteiger partial charge in [-0.3, -0.25) is 4.79 Å². The van der Waals surface area contributed by atoms with Gasteiger partial charge in [0, 0.05) is 37.2 Å². The Morgan fingerprint density at radius 1 is 1.36 bits per heavy atom. The fourth-order valence-electron chi connectivity index (χ4n) is 3.16. The predicted molar refractivity (Wildman–Crippen MR) is 84.9 cm³/mol. The molecule has 0 saturated carbocycles. The summed E-state index contributed by atoms with van der Waals surface area (Å²) >= 11 is 0. The molecule has 1 aromatic heterocycles. The smallest absolute Gasteiger partial charge is 0.256 e. The van der Waals surface area contributed by atoms with Crippen molar-refractivity contribution >= 4 is 26.8 Å². The highest BCUT2D eigenvalue weighted by molar-refractivity contribution is 7.89. The molecule has 1 atom stereocenters. The zero-order valence-electron chi connectivity index (χ0n) is 12.4. The highest BCUT2D eigenvalue weighted by Gasteiger charge is 2.30. The summed E-state index contributed by atoms with van der Waals surface area (Å²) in [4.78, 5) is 14.4. The highest BCUT2D eigenvalue weighted by atomic mass is 32.2. The maximum Gasteiger partial charge on any atom is 0.256 e. The van der Waals surface area contributed by atoms with Crippen molar-refractivity contribution in [2.75, 3.05) is 18.8 Å². The molecule has 0 radical (unpaired) electrons. The van der Waals surface area contributed by atoms with Gasteiger partial charge in [-0.1, -0.05) is 18.2 Å². The molecule has 0 unspecified atom stereocenters. The van der Waals surface area contributed by atoms with Gasteiger partial charge in [-0.05, 0) is 18.4 Å². The van der Waals surface area contributed by atoms with Gasteiger partial charge in [0.1, 0.15) is 0 Å². The Balaban J connectivity index is 1.82. The van der Waals surface area contributed by atoms with Gasteiger partial charge in [-0.2, -0.15) is 0 Å². The van der Waals surface area contributed by atoms with E-state index in [1.165, 1.54) is 0 Å². The molecule has 1 aliphatic heterocycles. The molecule has 0 aliphatic carbocycles. The quantitative estimate of drug-likeness (QED) is 0.912. The first kappa shape index (κ1) is 15.1. The van der Waals surface area contributed by atoms with Gasteiger partial charge < -0.3 is 9.47 Å². The summed E-state index contributed by atoms with van der Waals surface area (Å²) < 4.78 is 24.3. The number of benzene rings is 1. The fraction of sp³-hybridized carbons (Fsp3) is 0.400. The first-order chi connectivity index (χ1) is 10.3. The van der Waals surface area contributed by atoms with Crippen LogP contribution >= 0.6 is 0 Å². The van der Waals surface area contributed by atoms with E-state index in [1.807, 2.05) is 42.1 Å². The third-order valence-corrected chi connectivity index (χ3v) is 5.10. The molecule has 2 N–H and O–H groups in total. The number of carbonyl (C=O) groups is 1. The number of para-hydroxylation sites is 1. The van der Waals surface area contributed by atoms with Crippen LogP contribution in [0.15, 0.2) is 30.5 Å². The average molecular weight is 321 g/mol. The van der Waals surface area contributed by atoms with Gasteiger partial charge in [0.05, 0.1) is 11.3 Å². The molecule has 7 heteroatoms. The normalized spacial score (nSPS) is 19.0. The lowest BCUT2D eigenvalue weighted by atomic mass is 10.1. The van der Waals surface area contributed by atoms with Crippen molar-refractivity contribution in [1.29, 1.82) is 0 Å². The van der Waals surface area contributed by atoms with Crippen molar-refractivity contribution < 1.29 is 13.2 Å². The van der Waals surface area contributed by atoms with Crippen molar-refractivity contribution in [3.05, 3.63) is 36.0 Å². The maximum atomic E-state index is 12.7. The van der Waals surface area contributed by atoms with Gasteiger partial charge in [0.2, 0.25) is 10.0 Å². The standard InChI is InChI=1S/C15H19N3O3S/c1-17-9-13(12-4-2-3-5-14(12)17)15(19)18-7-6-11(8-18)10-22(16,20)21/h2-5,9,11H,6-8,10H2,1H3,(H2,16,20,21)/t11-/m1/s1. The Morgan fingerprint density at radius 2 is 2.09 bits per heavy atom. The van der Waals surface area contributed by atoms with E-state index in [9.17, 15) is 13.2 Å². The topological polar surface area (TPSA) is 85.4 Å². The molecule has 0 bridgehead atoms. The molecule has 1 amide bonds. The van der Waals surface area contributed by atoms with E-state index in [1.54, 1.807) is 4.90 Å². The van der Waals surface area contributed by atoms with Gasteiger partial charge in [-0.25, -0.2) is 13.6 Å². The summed E-state index contributed by atoms with van der Waals surface area (Å²) in [5, 5.41) is 6.01. The van der Waals surface area contributed by atoms with Gasteiger partial charge >= 0.3 is 0 Å². The number of nitrogens with two attached hydrogens (primary N) is 1. The molecule has 3 rings (SSSR count). The predicted octanol–water partition coefficient (Wildman–Crippen LogP) is 0.929. The van der Waals surface area contributed by atoms with E-state index in [4.69, 9.17) is 5.14 Å². The molecule has 0 spiro atoms. The zero-order valence-corrected chi connectivity index (χ0v) is 13.2. The molecule has 1 saturated heterocycles. The number of rotatable bonds is 3. The van der Waals surface area contributed by atoms with Crippen molar-refractivity contribution in [3.63, 3.8) is 0 Å². The van der Waals surface area contributed by atoms with Gasteiger partial charge in [0.15, 0.2) is 0 Å². The van der Waals surface area contributed by atoms with E-state index in [0.717, 1.165) is 10.9 Å². The number of sulfonamides is 1. The third-order valence-electron chi connectivity index (χ3n) is 4.17. The second-order valence-electron chi connectivity index (χ2n) is 5.91. The Morgan fingerprint density at radius 3 is 2.82 bits per heavy atom. The van der Waals surface area contributed by atoms with Crippen molar-refractivity contribution in [2.45, 2.75) is 6.42 Å². The minimum Gasteiger partial charge on any atom is -0.350 e. The van der Waals surface area contributed by atoms with Crippen molar-refractivity contribution in [1.82, 2.24) is 9.47 Å². The van der Waals surface area contributed by atoms with Crippen LogP contribution in [0.2, 0.25) is 0 Å². The third kappa shape index (κ3) is 2.86. The summed E-state index contributed by atoms with van der Waals surface area (Å²) in [6, 6.07) is 7.75. The molecule has 1 aliphatic rings. The Hall–Kier alpha value is -1.86. The second kappa shape index (κ2) is 5.40. The van der Waals surface area contributed by atoms with E-state index in [-0.39, 0.29) is 17.6 Å². The van der Waals surface area contributed by atoms with Crippen LogP contribution in [0, 0.1) is 5.92 Å². The van der Waals surface area contributed by atoms with Crippen LogP contribution in [-0.2, 0) is 17.1 Å². The van der Waals surface area contributed by atoms with Crippen LogP contribution in [0.1, 0.15) is 16.8 Å². The summed E-state index contributed by atoms with van der Waals surface area (Å²) in [7, 11) is -1.58. The minimum absolute atomic E-state index is 0.0475. The Bertz CT molecular complexity index is 826. The largest absolute Gasteiger partial charge is 0.350 e. The fourth-order valence-corrected chi connectivity index (χ4v) is 4.09. The monoisotopic (exact) mass is 321 g/mol. The van der Waals surface area contributed by atoms with Crippen LogP contribution in [0.5, 0.6) is 0 Å². The zero-order chi connectivity index (χ0) is 15.9. The van der Waals surface area contributed by atoms with E-state index >= 15 is 0 Å². The molecule has 22 heavy (non-hydrogen) atoms. The number of aromatic nitrogens is 1. The number of primary sulfonamides is 1. The number of nitrogens with zero attached hydrogens (tertiary/aromatic N) is 2. The molecule has 6 nitrogen and oxygen atoms in total. The number of likely N-dealkylation sites (tertiary alicyclic amines) is 1. The SMILES string of the molecule is Cn1cc(C(=O)N2CC[C@@H](CS(N)(=O)=O)C2)c2ccccc21. The van der Waals surface area contributed by atoms with E-state index in [2.05, 4.69) is 0 Å². The Labute approximate surface area is 129 Å². The maximum absolute atomic E-state index is 12.7. The molecule has 2 aromatic rings. The summed E-state index contributed by atoms with van der Waals surface area (Å²) in [5.41, 5.74) is 1.67. The molecular formula is C15H19N3O3S. The minimum atomic E-state index is -3.49. The number of hydrogen-bond donors (Lipinski definition) is 1. The second-order valence-corrected chi connectivity index (χ2v) is 7.57. The lowest BCUT2D eigenvalue weighted by Gasteiger charge is -2.16. The van der Waals surface area contributed by atoms with Crippen molar-refractivity contribution in [3.8, 4) is 0 Å². The average Bonchev–Trinajstić information content (AvgIpc) is 3.02. The molecule has 1 fully saturated rings. The first-order valence-electron chi connectivity index (χ1n) is 7.19. The van der Waals surface area contributed by atoms with Gasteiger partial charge in [0.25, 0.3) is 5.91 Å². The highest BCUT2D eigenvalue weighted by Crippen LogP contribution is 2.25. The van der Waals surface area contributed by atoms with Crippen LogP contribution in [0.3, 0.4) is 0 Å². The van der Waals surface area contributed by atoms with Crippen molar-refractivity contribution in [2.24, 2.45) is 18.1 Å².